The van der Waals surface area contributed by atoms with Gasteiger partial charge in [-0.25, -0.2) is 0 Å². The van der Waals surface area contributed by atoms with Crippen LogP contribution in [0.3, 0.4) is 0 Å². The molecule has 0 radical (unpaired) electrons. The summed E-state index contributed by atoms with van der Waals surface area (Å²) in [5, 5.41) is 3.51. The fourth-order valence-corrected chi connectivity index (χ4v) is 4.47. The van der Waals surface area contributed by atoms with Crippen molar-refractivity contribution in [1.29, 1.82) is 0 Å². The van der Waals surface area contributed by atoms with Gasteiger partial charge in [0, 0.05) is 52.5 Å². The lowest BCUT2D eigenvalue weighted by Gasteiger charge is -2.38. The Morgan fingerprint density at radius 1 is 1.07 bits per heavy atom. The van der Waals surface area contributed by atoms with Crippen molar-refractivity contribution in [2.24, 2.45) is 16.8 Å². The molecule has 2 fully saturated rings. The van der Waals surface area contributed by atoms with Crippen molar-refractivity contribution in [1.82, 2.24) is 15.1 Å². The van der Waals surface area contributed by atoms with Gasteiger partial charge in [-0.15, -0.1) is 0 Å². The lowest BCUT2D eigenvalue weighted by atomic mass is 9.92. The summed E-state index contributed by atoms with van der Waals surface area (Å²) in [6.07, 6.45) is 6.06. The summed E-state index contributed by atoms with van der Waals surface area (Å²) in [5.74, 6) is 2.54. The summed E-state index contributed by atoms with van der Waals surface area (Å²) in [7, 11) is 2.18. The van der Waals surface area contributed by atoms with E-state index in [1.165, 1.54) is 32.1 Å². The third-order valence-electron chi connectivity index (χ3n) is 6.45. The van der Waals surface area contributed by atoms with E-state index in [4.69, 9.17) is 14.5 Å². The quantitative estimate of drug-likeness (QED) is 0.455. The molecule has 0 aromatic carbocycles. The third kappa shape index (κ3) is 7.53. The average Bonchev–Trinajstić information content (AvgIpc) is 2.75. The van der Waals surface area contributed by atoms with Crippen LogP contribution in [0.25, 0.3) is 0 Å². The molecule has 2 aliphatic heterocycles. The summed E-state index contributed by atoms with van der Waals surface area (Å²) in [5.41, 5.74) is 0. The number of aliphatic imine (C=N–C) groups is 1. The van der Waals surface area contributed by atoms with Crippen molar-refractivity contribution in [3.63, 3.8) is 0 Å². The second kappa shape index (κ2) is 13.4. The maximum absolute atomic E-state index is 5.58. The fourth-order valence-electron chi connectivity index (χ4n) is 4.47. The molecule has 1 unspecified atom stereocenters. The molecular formula is C22H44N4O2. The van der Waals surface area contributed by atoms with Crippen LogP contribution in [-0.4, -0.2) is 88.0 Å². The smallest absolute Gasteiger partial charge is 0.193 e. The predicted octanol–water partition coefficient (Wildman–Crippen LogP) is 2.84. The first-order valence-electron chi connectivity index (χ1n) is 11.6. The van der Waals surface area contributed by atoms with Gasteiger partial charge in [0.2, 0.25) is 0 Å². The van der Waals surface area contributed by atoms with E-state index in [-0.39, 0.29) is 0 Å². The molecule has 6 nitrogen and oxygen atoms in total. The molecule has 2 aliphatic rings. The molecule has 2 heterocycles. The van der Waals surface area contributed by atoms with Crippen molar-refractivity contribution in [3.8, 4) is 0 Å². The Balaban J connectivity index is 1.97. The molecule has 6 heteroatoms. The Bertz CT molecular complexity index is 430. The predicted molar refractivity (Wildman–Crippen MR) is 117 cm³/mol. The van der Waals surface area contributed by atoms with Crippen molar-refractivity contribution in [3.05, 3.63) is 0 Å². The normalized spacial score (nSPS) is 21.1. The van der Waals surface area contributed by atoms with Gasteiger partial charge >= 0.3 is 0 Å². The van der Waals surface area contributed by atoms with Crippen molar-refractivity contribution >= 4 is 5.96 Å². The van der Waals surface area contributed by atoms with E-state index in [9.17, 15) is 0 Å². The van der Waals surface area contributed by atoms with Gasteiger partial charge in [-0.3, -0.25) is 9.89 Å². The van der Waals surface area contributed by atoms with Gasteiger partial charge in [-0.05, 0) is 38.0 Å². The van der Waals surface area contributed by atoms with E-state index < -0.39 is 0 Å². The second-order valence-corrected chi connectivity index (χ2v) is 8.25. The number of hydrogen-bond donors (Lipinski definition) is 1. The molecule has 0 amide bonds. The Kier molecular flexibility index (Phi) is 11.2. The van der Waals surface area contributed by atoms with Gasteiger partial charge in [0.15, 0.2) is 5.96 Å². The fraction of sp³-hybridized carbons (Fsp3) is 0.955. The number of guanidine groups is 1. The molecule has 0 spiro atoms. The van der Waals surface area contributed by atoms with Crippen molar-refractivity contribution in [2.45, 2.75) is 58.9 Å². The van der Waals surface area contributed by atoms with E-state index in [1.807, 2.05) is 0 Å². The van der Waals surface area contributed by atoms with Gasteiger partial charge in [0.1, 0.15) is 0 Å². The molecule has 0 bridgehead atoms. The van der Waals surface area contributed by atoms with E-state index in [0.29, 0.717) is 12.0 Å². The zero-order valence-electron chi connectivity index (χ0n) is 18.8. The molecule has 2 saturated heterocycles. The first kappa shape index (κ1) is 23.4. The van der Waals surface area contributed by atoms with Crippen LogP contribution in [0.5, 0.6) is 0 Å². The Morgan fingerprint density at radius 3 is 2.32 bits per heavy atom. The molecular weight excluding hydrogens is 352 g/mol. The van der Waals surface area contributed by atoms with Crippen LogP contribution in [0.1, 0.15) is 52.9 Å². The monoisotopic (exact) mass is 396 g/mol. The molecule has 0 aromatic rings. The van der Waals surface area contributed by atoms with Gasteiger partial charge < -0.3 is 19.7 Å². The average molecular weight is 397 g/mol. The van der Waals surface area contributed by atoms with Crippen LogP contribution in [0.2, 0.25) is 0 Å². The van der Waals surface area contributed by atoms with Crippen LogP contribution >= 0.6 is 0 Å². The molecule has 28 heavy (non-hydrogen) atoms. The van der Waals surface area contributed by atoms with Gasteiger partial charge in [-0.2, -0.15) is 0 Å². The van der Waals surface area contributed by atoms with Gasteiger partial charge in [0.05, 0.1) is 19.8 Å². The zero-order valence-corrected chi connectivity index (χ0v) is 18.8. The third-order valence-corrected chi connectivity index (χ3v) is 6.45. The topological polar surface area (TPSA) is 49.3 Å². The second-order valence-electron chi connectivity index (χ2n) is 8.25. The lowest BCUT2D eigenvalue weighted by molar-refractivity contribution is 0.00391. The highest BCUT2D eigenvalue weighted by molar-refractivity contribution is 5.79. The molecule has 0 aromatic heterocycles. The first-order valence-corrected chi connectivity index (χ1v) is 11.6. The highest BCUT2D eigenvalue weighted by Crippen LogP contribution is 2.21. The minimum Gasteiger partial charge on any atom is -0.381 e. The number of morpholine rings is 1. The van der Waals surface area contributed by atoms with E-state index in [2.05, 4.69) is 42.9 Å². The van der Waals surface area contributed by atoms with Crippen LogP contribution < -0.4 is 5.32 Å². The Labute approximate surface area is 173 Å². The van der Waals surface area contributed by atoms with Gasteiger partial charge in [0.25, 0.3) is 0 Å². The Morgan fingerprint density at radius 2 is 1.71 bits per heavy atom. The van der Waals surface area contributed by atoms with E-state index in [1.54, 1.807) is 0 Å². The van der Waals surface area contributed by atoms with Crippen LogP contribution in [0.4, 0.5) is 0 Å². The zero-order chi connectivity index (χ0) is 20.2. The SMILES string of the molecule is CCNC(=NCC(C(CC)CC)N1CCOCC1)N(C)CCC1CCOCC1. The maximum atomic E-state index is 5.58. The minimum atomic E-state index is 0.511. The number of nitrogens with one attached hydrogen (secondary N) is 1. The highest BCUT2D eigenvalue weighted by atomic mass is 16.5. The molecule has 2 rings (SSSR count). The molecule has 0 saturated carbocycles. The highest BCUT2D eigenvalue weighted by Gasteiger charge is 2.27. The molecule has 1 N–H and O–H groups in total. The van der Waals surface area contributed by atoms with Gasteiger partial charge in [-0.1, -0.05) is 26.7 Å². The molecule has 1 atom stereocenters. The van der Waals surface area contributed by atoms with Crippen molar-refractivity contribution < 1.29 is 9.47 Å². The lowest BCUT2D eigenvalue weighted by Crippen LogP contribution is -2.49. The molecule has 164 valence electrons. The largest absolute Gasteiger partial charge is 0.381 e. The number of ether oxygens (including phenoxy) is 2. The minimum absolute atomic E-state index is 0.511. The van der Waals surface area contributed by atoms with Crippen LogP contribution in [0.15, 0.2) is 4.99 Å². The standard InChI is InChI=1S/C22H44N4O2/c1-5-20(6-2)21(26-12-16-28-17-13-26)18-24-22(23-7-3)25(4)11-8-19-9-14-27-15-10-19/h19-21H,5-18H2,1-4H3,(H,23,24). The summed E-state index contributed by atoms with van der Waals surface area (Å²) in [4.78, 5) is 10.0. The van der Waals surface area contributed by atoms with E-state index >= 15 is 0 Å². The summed E-state index contributed by atoms with van der Waals surface area (Å²) in [6.45, 7) is 15.3. The summed E-state index contributed by atoms with van der Waals surface area (Å²) >= 11 is 0. The summed E-state index contributed by atoms with van der Waals surface area (Å²) in [6, 6.07) is 0.511. The summed E-state index contributed by atoms with van der Waals surface area (Å²) < 4.78 is 11.1. The Hall–Kier alpha value is -0.850. The number of rotatable bonds is 10. The number of nitrogens with zero attached hydrogens (tertiary/aromatic N) is 3. The van der Waals surface area contributed by atoms with Crippen LogP contribution in [0, 0.1) is 11.8 Å². The van der Waals surface area contributed by atoms with E-state index in [0.717, 1.165) is 71.0 Å². The van der Waals surface area contributed by atoms with Crippen molar-refractivity contribution in [2.75, 3.05) is 66.2 Å². The molecule has 0 aliphatic carbocycles. The van der Waals surface area contributed by atoms with Crippen LogP contribution in [-0.2, 0) is 9.47 Å². The first-order chi connectivity index (χ1) is 13.7. The number of hydrogen-bond acceptors (Lipinski definition) is 4. The maximum Gasteiger partial charge on any atom is 0.193 e.